The van der Waals surface area contributed by atoms with E-state index < -0.39 is 17.5 Å². The van der Waals surface area contributed by atoms with E-state index in [9.17, 15) is 18.0 Å². The highest BCUT2D eigenvalue weighted by atomic mass is 19.4. The van der Waals surface area contributed by atoms with Gasteiger partial charge in [0.1, 0.15) is 0 Å². The molecular formula is C17H19F3N4O3. The third-order valence-corrected chi connectivity index (χ3v) is 4.53. The lowest BCUT2D eigenvalue weighted by atomic mass is 9.78. The number of methoxy groups -OCH3 is 1. The Labute approximate surface area is 153 Å². The van der Waals surface area contributed by atoms with Gasteiger partial charge >= 0.3 is 12.1 Å². The largest absolute Gasteiger partial charge is 0.471 e. The van der Waals surface area contributed by atoms with Crippen molar-refractivity contribution in [1.82, 2.24) is 15.5 Å². The molecule has 10 heteroatoms. The van der Waals surface area contributed by atoms with Gasteiger partial charge in [0.2, 0.25) is 11.7 Å². The fourth-order valence-electron chi connectivity index (χ4n) is 3.04. The number of amides is 1. The first kappa shape index (κ1) is 19.3. The molecule has 0 unspecified atom stereocenters. The molecule has 1 saturated heterocycles. The van der Waals surface area contributed by atoms with Gasteiger partial charge in [-0.25, -0.2) is 0 Å². The van der Waals surface area contributed by atoms with Crippen molar-refractivity contribution in [3.05, 3.63) is 30.2 Å². The molecule has 0 spiro atoms. The quantitative estimate of drug-likeness (QED) is 0.824. The van der Waals surface area contributed by atoms with Crippen molar-refractivity contribution in [2.45, 2.75) is 19.0 Å². The van der Waals surface area contributed by atoms with Crippen LogP contribution in [0.15, 0.2) is 28.8 Å². The van der Waals surface area contributed by atoms with Crippen molar-refractivity contribution in [2.24, 2.45) is 5.41 Å². The van der Waals surface area contributed by atoms with E-state index in [1.54, 1.807) is 19.2 Å². The number of carbonyl (C=O) groups is 1. The van der Waals surface area contributed by atoms with E-state index in [1.807, 2.05) is 0 Å². The molecule has 0 atom stereocenters. The summed E-state index contributed by atoms with van der Waals surface area (Å²) in [5.41, 5.74) is 0.270. The number of anilines is 1. The van der Waals surface area contributed by atoms with Crippen LogP contribution in [0, 0.1) is 5.41 Å². The lowest BCUT2D eigenvalue weighted by Crippen LogP contribution is -2.47. The van der Waals surface area contributed by atoms with Gasteiger partial charge in [0, 0.05) is 18.4 Å². The maximum atomic E-state index is 12.8. The number of hydrogen-bond acceptors (Lipinski definition) is 6. The first-order chi connectivity index (χ1) is 12.8. The highest BCUT2D eigenvalue weighted by molar-refractivity contribution is 5.95. The minimum atomic E-state index is -4.69. The van der Waals surface area contributed by atoms with Crippen LogP contribution in [0.5, 0.6) is 0 Å². The molecule has 3 rings (SSSR count). The van der Waals surface area contributed by atoms with E-state index in [4.69, 9.17) is 4.74 Å². The van der Waals surface area contributed by atoms with E-state index in [0.29, 0.717) is 30.7 Å². The number of hydrogen-bond donors (Lipinski definition) is 2. The summed E-state index contributed by atoms with van der Waals surface area (Å²) in [5, 5.41) is 9.41. The van der Waals surface area contributed by atoms with E-state index in [-0.39, 0.29) is 11.7 Å². The summed E-state index contributed by atoms with van der Waals surface area (Å²) in [5.74, 6) is -1.71. The molecule has 1 fully saturated rings. The molecule has 2 aromatic rings. The lowest BCUT2D eigenvalue weighted by molar-refractivity contribution is -0.159. The molecule has 1 aromatic heterocycles. The lowest BCUT2D eigenvalue weighted by Gasteiger charge is -2.35. The van der Waals surface area contributed by atoms with E-state index >= 15 is 0 Å². The SMILES string of the molecule is COCC1(C(=O)Nc2ccc(-c3noc(C(F)(F)F)n3)cc2)CCNCC1. The molecule has 1 aliphatic rings. The van der Waals surface area contributed by atoms with Crippen LogP contribution in [-0.2, 0) is 15.7 Å². The zero-order valence-electron chi connectivity index (χ0n) is 14.6. The zero-order chi connectivity index (χ0) is 19.5. The Kier molecular flexibility index (Phi) is 5.47. The van der Waals surface area contributed by atoms with Gasteiger partial charge in [-0.15, -0.1) is 0 Å². The maximum Gasteiger partial charge on any atom is 0.471 e. The fraction of sp³-hybridized carbons (Fsp3) is 0.471. The second kappa shape index (κ2) is 7.65. The monoisotopic (exact) mass is 384 g/mol. The van der Waals surface area contributed by atoms with E-state index in [1.165, 1.54) is 12.1 Å². The molecule has 2 heterocycles. The topological polar surface area (TPSA) is 89.3 Å². The number of halogens is 3. The van der Waals surface area contributed by atoms with Crippen molar-refractivity contribution < 1.29 is 27.2 Å². The summed E-state index contributed by atoms with van der Waals surface area (Å²) in [7, 11) is 1.56. The van der Waals surface area contributed by atoms with Crippen molar-refractivity contribution in [2.75, 3.05) is 32.1 Å². The van der Waals surface area contributed by atoms with Crippen LogP contribution < -0.4 is 10.6 Å². The minimum absolute atomic E-state index is 0.141. The number of carbonyl (C=O) groups excluding carboxylic acids is 1. The molecular weight excluding hydrogens is 365 g/mol. The van der Waals surface area contributed by atoms with Crippen molar-refractivity contribution in [3.63, 3.8) is 0 Å². The Morgan fingerprint density at radius 2 is 1.96 bits per heavy atom. The summed E-state index contributed by atoms with van der Waals surface area (Å²) in [6, 6.07) is 6.20. The van der Waals surface area contributed by atoms with Crippen LogP contribution in [0.25, 0.3) is 11.4 Å². The fourth-order valence-corrected chi connectivity index (χ4v) is 3.04. The summed E-state index contributed by atoms with van der Waals surface area (Å²) < 4.78 is 47.1. The maximum absolute atomic E-state index is 12.8. The van der Waals surface area contributed by atoms with Crippen LogP contribution in [-0.4, -0.2) is 42.9 Å². The number of benzene rings is 1. The summed E-state index contributed by atoms with van der Waals surface area (Å²) in [4.78, 5) is 16.1. The van der Waals surface area contributed by atoms with Gasteiger partial charge in [-0.3, -0.25) is 4.79 Å². The second-order valence-corrected chi connectivity index (χ2v) is 6.42. The molecule has 27 heavy (non-hydrogen) atoms. The number of rotatable bonds is 5. The number of ether oxygens (including phenoxy) is 1. The number of nitrogens with zero attached hydrogens (tertiary/aromatic N) is 2. The molecule has 0 bridgehead atoms. The average Bonchev–Trinajstić information content (AvgIpc) is 3.14. The third-order valence-electron chi connectivity index (χ3n) is 4.53. The molecule has 1 aromatic carbocycles. The van der Waals surface area contributed by atoms with Gasteiger partial charge in [0.15, 0.2) is 0 Å². The van der Waals surface area contributed by atoms with Gasteiger partial charge in [0.05, 0.1) is 12.0 Å². The summed E-state index contributed by atoms with van der Waals surface area (Å²) in [6.45, 7) is 1.78. The Hall–Kier alpha value is -2.46. The second-order valence-electron chi connectivity index (χ2n) is 6.42. The molecule has 0 saturated carbocycles. The number of nitrogens with one attached hydrogen (secondary N) is 2. The van der Waals surface area contributed by atoms with Gasteiger partial charge in [-0.1, -0.05) is 5.16 Å². The first-order valence-electron chi connectivity index (χ1n) is 8.36. The molecule has 1 amide bonds. The van der Waals surface area contributed by atoms with Crippen LogP contribution in [0.4, 0.5) is 18.9 Å². The molecule has 0 aliphatic carbocycles. The zero-order valence-corrected chi connectivity index (χ0v) is 14.6. The predicted octanol–water partition coefficient (Wildman–Crippen LogP) is 2.71. The van der Waals surface area contributed by atoms with Crippen LogP contribution in [0.1, 0.15) is 18.7 Å². The summed E-state index contributed by atoms with van der Waals surface area (Å²) in [6.07, 6.45) is -3.37. The predicted molar refractivity (Wildman–Crippen MR) is 89.8 cm³/mol. The van der Waals surface area contributed by atoms with E-state index in [0.717, 1.165) is 13.1 Å². The van der Waals surface area contributed by atoms with Crippen molar-refractivity contribution in [1.29, 1.82) is 0 Å². The average molecular weight is 384 g/mol. The Bertz CT molecular complexity index is 778. The highest BCUT2D eigenvalue weighted by Crippen LogP contribution is 2.32. The normalized spacial score (nSPS) is 16.9. The highest BCUT2D eigenvalue weighted by Gasteiger charge is 2.40. The van der Waals surface area contributed by atoms with Crippen molar-refractivity contribution >= 4 is 11.6 Å². The number of aromatic nitrogens is 2. The van der Waals surface area contributed by atoms with Gasteiger partial charge < -0.3 is 19.9 Å². The molecule has 146 valence electrons. The standard InChI is InChI=1S/C17H19F3N4O3/c1-26-10-16(6-8-21-9-7-16)14(25)22-12-4-2-11(3-5-12)13-23-15(27-24-13)17(18,19)20/h2-5,21H,6-10H2,1H3,(H,22,25). The molecule has 1 aliphatic heterocycles. The third kappa shape index (κ3) is 4.28. The first-order valence-corrected chi connectivity index (χ1v) is 8.36. The Morgan fingerprint density at radius 3 is 2.52 bits per heavy atom. The minimum Gasteiger partial charge on any atom is -0.384 e. The molecule has 0 radical (unpaired) electrons. The number of piperidine rings is 1. The van der Waals surface area contributed by atoms with Crippen molar-refractivity contribution in [3.8, 4) is 11.4 Å². The van der Waals surface area contributed by atoms with Gasteiger partial charge in [0.25, 0.3) is 0 Å². The van der Waals surface area contributed by atoms with Crippen LogP contribution in [0.3, 0.4) is 0 Å². The van der Waals surface area contributed by atoms with Gasteiger partial charge in [-0.2, -0.15) is 18.2 Å². The smallest absolute Gasteiger partial charge is 0.384 e. The van der Waals surface area contributed by atoms with Gasteiger partial charge in [-0.05, 0) is 50.2 Å². The van der Waals surface area contributed by atoms with Crippen LogP contribution >= 0.6 is 0 Å². The summed E-state index contributed by atoms with van der Waals surface area (Å²) >= 11 is 0. The van der Waals surface area contributed by atoms with E-state index in [2.05, 4.69) is 25.3 Å². The number of alkyl halides is 3. The van der Waals surface area contributed by atoms with Crippen LogP contribution in [0.2, 0.25) is 0 Å². The Balaban J connectivity index is 1.71. The molecule has 2 N–H and O–H groups in total. The Morgan fingerprint density at radius 1 is 1.30 bits per heavy atom. The molecule has 7 nitrogen and oxygen atoms in total.